The van der Waals surface area contributed by atoms with Crippen molar-refractivity contribution in [1.82, 2.24) is 0 Å². The van der Waals surface area contributed by atoms with Crippen LogP contribution in [-0.2, 0) is 30.2 Å². The van der Waals surface area contributed by atoms with Crippen molar-refractivity contribution in [3.8, 4) is 0 Å². The Morgan fingerprint density at radius 2 is 2.11 bits per heavy atom. The van der Waals surface area contributed by atoms with Crippen LogP contribution in [-0.4, -0.2) is 53.5 Å². The summed E-state index contributed by atoms with van der Waals surface area (Å²) in [6, 6.07) is -0.295. The number of hydrogen-bond donors (Lipinski definition) is 3. The van der Waals surface area contributed by atoms with Gasteiger partial charge in [-0.1, -0.05) is 6.92 Å². The molecule has 106 valence electrons. The Hall–Kier alpha value is 0.705. The maximum Gasteiger partial charge on any atom is 0.469 e. The van der Waals surface area contributed by atoms with Crippen LogP contribution in [0.4, 0.5) is 0 Å². The number of hydrogen-bond acceptors (Lipinski definition) is 5. The van der Waals surface area contributed by atoms with Crippen LogP contribution in [0.2, 0.25) is 0 Å². The van der Waals surface area contributed by atoms with Crippen LogP contribution in [0.25, 0.3) is 0 Å². The normalized spacial score (nSPS) is 32.3. The first kappa shape index (κ1) is 16.8. The summed E-state index contributed by atoms with van der Waals surface area (Å²) in [5.41, 5.74) is 0. The Morgan fingerprint density at radius 3 is 2.61 bits per heavy atom. The molecule has 3 N–H and O–H groups in total. The third-order valence-electron chi connectivity index (χ3n) is 2.55. The Bertz CT molecular complexity index is 375. The second kappa shape index (κ2) is 6.44. The van der Waals surface area contributed by atoms with E-state index in [1.807, 2.05) is 0 Å². The van der Waals surface area contributed by atoms with Gasteiger partial charge in [0.1, 0.15) is 7.85 Å². The molecule has 7 nitrogen and oxygen atoms in total. The lowest BCUT2D eigenvalue weighted by atomic mass is 9.95. The summed E-state index contributed by atoms with van der Waals surface area (Å²) in [5, 5.41) is 0. The summed E-state index contributed by atoms with van der Waals surface area (Å²) in [5.74, 6) is 0. The summed E-state index contributed by atoms with van der Waals surface area (Å²) < 4.78 is 25.8. The summed E-state index contributed by atoms with van der Waals surface area (Å²) in [6.45, 7) is -1.25. The Morgan fingerprint density at radius 1 is 1.50 bits per heavy atom. The molecule has 0 amide bonds. The number of rotatable bonds is 6. The summed E-state index contributed by atoms with van der Waals surface area (Å²) in [4.78, 5) is 26.9. The molecule has 0 saturated carbocycles. The Labute approximate surface area is 112 Å². The first-order chi connectivity index (χ1) is 8.13. The van der Waals surface area contributed by atoms with E-state index in [0.717, 1.165) is 0 Å². The summed E-state index contributed by atoms with van der Waals surface area (Å²) >= 11 is 4.93. The standard InChI is InChI=1S/C7H17BO7P2S/c1-2-16(9,18)15-6-3-5(14-7(6)8)4-13-17(10,11)12/h5-7H,2-4,8H2,1H3,(H,9,18)(H2,10,11,12)/t5-,6+,7+,16?/m0/s1. The largest absolute Gasteiger partial charge is 0.469 e. The van der Waals surface area contributed by atoms with Crippen molar-refractivity contribution in [2.24, 2.45) is 0 Å². The predicted octanol–water partition coefficient (Wildman–Crippen LogP) is -0.449. The van der Waals surface area contributed by atoms with Crippen molar-refractivity contribution in [1.29, 1.82) is 0 Å². The molecule has 1 aliphatic rings. The average molecular weight is 318 g/mol. The zero-order valence-electron chi connectivity index (χ0n) is 10.1. The van der Waals surface area contributed by atoms with Crippen LogP contribution in [0.3, 0.4) is 0 Å². The molecule has 11 heteroatoms. The van der Waals surface area contributed by atoms with Gasteiger partial charge in [-0.15, -0.1) is 0 Å². The number of phosphoric acid groups is 1. The van der Waals surface area contributed by atoms with E-state index in [0.29, 0.717) is 12.6 Å². The maximum atomic E-state index is 10.6. The Balaban J connectivity index is 2.47. The maximum absolute atomic E-state index is 10.6. The molecule has 0 radical (unpaired) electrons. The molecule has 1 unspecified atom stereocenters. The van der Waals surface area contributed by atoms with Crippen molar-refractivity contribution in [2.75, 3.05) is 12.8 Å². The highest BCUT2D eigenvalue weighted by atomic mass is 32.5. The average Bonchev–Trinajstić information content (AvgIpc) is 2.55. The third kappa shape index (κ3) is 5.78. The smallest absolute Gasteiger partial charge is 0.379 e. The van der Waals surface area contributed by atoms with Crippen LogP contribution in [0, 0.1) is 0 Å². The van der Waals surface area contributed by atoms with Gasteiger partial charge in [0.25, 0.3) is 0 Å². The van der Waals surface area contributed by atoms with Gasteiger partial charge in [-0.3, -0.25) is 4.52 Å². The van der Waals surface area contributed by atoms with Gasteiger partial charge in [0.15, 0.2) is 6.49 Å². The lowest BCUT2D eigenvalue weighted by molar-refractivity contribution is 0.0318. The lowest BCUT2D eigenvalue weighted by Crippen LogP contribution is -2.23. The molecule has 1 fully saturated rings. The van der Waals surface area contributed by atoms with Gasteiger partial charge in [-0.25, -0.2) is 4.57 Å². The number of ether oxygens (including phenoxy) is 1. The van der Waals surface area contributed by atoms with E-state index in [9.17, 15) is 9.46 Å². The molecular weight excluding hydrogens is 301 g/mol. The van der Waals surface area contributed by atoms with Gasteiger partial charge in [-0.05, 0) is 11.8 Å². The molecule has 1 rings (SSSR count). The van der Waals surface area contributed by atoms with Gasteiger partial charge < -0.3 is 23.9 Å². The van der Waals surface area contributed by atoms with E-state index < -0.39 is 20.4 Å². The second-order valence-electron chi connectivity index (χ2n) is 4.08. The molecule has 1 heterocycles. The van der Waals surface area contributed by atoms with Gasteiger partial charge >= 0.3 is 7.82 Å². The first-order valence-corrected chi connectivity index (χ1v) is 9.87. The zero-order valence-corrected chi connectivity index (χ0v) is 12.7. The molecule has 1 saturated heterocycles. The fraction of sp³-hybridized carbons (Fsp3) is 1.00. The molecule has 0 aromatic carbocycles. The lowest BCUT2D eigenvalue weighted by Gasteiger charge is -2.21. The van der Waals surface area contributed by atoms with Gasteiger partial charge in [-0.2, -0.15) is 0 Å². The molecule has 0 aliphatic carbocycles. The van der Waals surface area contributed by atoms with E-state index in [1.54, 1.807) is 14.8 Å². The summed E-state index contributed by atoms with van der Waals surface area (Å²) in [7, 11) is -2.73. The highest BCUT2D eigenvalue weighted by Crippen LogP contribution is 2.46. The molecule has 0 spiro atoms. The fourth-order valence-corrected chi connectivity index (χ4v) is 3.12. The minimum Gasteiger partial charge on any atom is -0.379 e. The fourth-order valence-electron chi connectivity index (χ4n) is 1.60. The van der Waals surface area contributed by atoms with Crippen LogP contribution in [0.1, 0.15) is 13.3 Å². The van der Waals surface area contributed by atoms with Crippen molar-refractivity contribution < 1.29 is 33.0 Å². The minimum atomic E-state index is -4.49. The van der Waals surface area contributed by atoms with Gasteiger partial charge in [0.2, 0.25) is 0 Å². The highest BCUT2D eigenvalue weighted by Gasteiger charge is 2.36. The Kier molecular flexibility index (Phi) is 5.99. The third-order valence-corrected chi connectivity index (χ3v) is 5.47. The second-order valence-corrected chi connectivity index (χ2v) is 9.15. The quantitative estimate of drug-likeness (QED) is 0.447. The van der Waals surface area contributed by atoms with Crippen molar-refractivity contribution in [2.45, 2.75) is 31.6 Å². The van der Waals surface area contributed by atoms with Gasteiger partial charge in [0, 0.05) is 12.6 Å². The highest BCUT2D eigenvalue weighted by molar-refractivity contribution is 8.09. The van der Waals surface area contributed by atoms with Crippen LogP contribution < -0.4 is 0 Å². The van der Waals surface area contributed by atoms with E-state index in [4.69, 9.17) is 30.9 Å². The summed E-state index contributed by atoms with van der Waals surface area (Å²) in [6.07, 6.45) is -0.0781. The van der Waals surface area contributed by atoms with Crippen LogP contribution in [0.5, 0.6) is 0 Å². The molecule has 0 bridgehead atoms. The van der Waals surface area contributed by atoms with Crippen molar-refractivity contribution >= 4 is 34.0 Å². The minimum absolute atomic E-state index is 0.213. The van der Waals surface area contributed by atoms with E-state index in [2.05, 4.69) is 4.52 Å². The monoisotopic (exact) mass is 318 g/mol. The SMILES string of the molecule is B[C@@H]1O[C@H](COP(=O)(O)O)C[C@H]1OP(O)(=S)CC. The van der Waals surface area contributed by atoms with E-state index in [1.165, 1.54) is 0 Å². The first-order valence-electron chi connectivity index (χ1n) is 5.48. The molecule has 18 heavy (non-hydrogen) atoms. The zero-order chi connectivity index (χ0) is 14.0. The molecular formula is C7H17BO7P2S. The van der Waals surface area contributed by atoms with Crippen molar-refractivity contribution in [3.63, 3.8) is 0 Å². The van der Waals surface area contributed by atoms with E-state index >= 15 is 0 Å². The number of phosphoric ester groups is 1. The van der Waals surface area contributed by atoms with Crippen LogP contribution in [0.15, 0.2) is 0 Å². The predicted molar refractivity (Wildman–Crippen MR) is 71.7 cm³/mol. The molecule has 0 aromatic heterocycles. The molecule has 0 aromatic rings. The van der Waals surface area contributed by atoms with E-state index in [-0.39, 0.29) is 18.7 Å². The topological polar surface area (TPSA) is 105 Å². The van der Waals surface area contributed by atoms with Gasteiger partial charge in [0.05, 0.1) is 24.8 Å². The van der Waals surface area contributed by atoms with Crippen LogP contribution >= 0.6 is 14.3 Å². The van der Waals surface area contributed by atoms with Crippen molar-refractivity contribution in [3.05, 3.63) is 0 Å². The molecule has 1 aliphatic heterocycles. The molecule has 4 atom stereocenters.